The molecular formula is C15H21NO4. The van der Waals surface area contributed by atoms with Gasteiger partial charge in [-0.1, -0.05) is 12.1 Å². The van der Waals surface area contributed by atoms with Crippen LogP contribution in [-0.2, 0) is 14.3 Å². The van der Waals surface area contributed by atoms with Crippen LogP contribution in [0.3, 0.4) is 0 Å². The Hall–Kier alpha value is -2.04. The number of ether oxygens (including phenoxy) is 2. The van der Waals surface area contributed by atoms with Crippen molar-refractivity contribution in [2.75, 3.05) is 20.3 Å². The van der Waals surface area contributed by atoms with Crippen LogP contribution in [0.5, 0.6) is 5.75 Å². The predicted molar refractivity (Wildman–Crippen MR) is 75.6 cm³/mol. The number of methoxy groups -OCH3 is 1. The van der Waals surface area contributed by atoms with Gasteiger partial charge in [0.1, 0.15) is 5.75 Å². The third-order valence-corrected chi connectivity index (χ3v) is 2.69. The van der Waals surface area contributed by atoms with Gasteiger partial charge in [0.15, 0.2) is 0 Å². The summed E-state index contributed by atoms with van der Waals surface area (Å²) < 4.78 is 10.0. The van der Waals surface area contributed by atoms with E-state index in [0.29, 0.717) is 26.0 Å². The number of carbonyl (C=O) groups excluding carboxylic acids is 2. The molecule has 0 atom stereocenters. The highest BCUT2D eigenvalue weighted by Crippen LogP contribution is 2.12. The van der Waals surface area contributed by atoms with E-state index in [0.717, 1.165) is 11.3 Å². The van der Waals surface area contributed by atoms with E-state index >= 15 is 0 Å². The van der Waals surface area contributed by atoms with Crippen molar-refractivity contribution in [1.82, 2.24) is 5.32 Å². The van der Waals surface area contributed by atoms with Crippen molar-refractivity contribution in [3.05, 3.63) is 29.8 Å². The highest BCUT2D eigenvalue weighted by molar-refractivity contribution is 5.76. The van der Waals surface area contributed by atoms with Crippen molar-refractivity contribution in [1.29, 1.82) is 0 Å². The lowest BCUT2D eigenvalue weighted by molar-refractivity contribution is -0.140. The number of rotatable bonds is 8. The van der Waals surface area contributed by atoms with Crippen LogP contribution in [0, 0.1) is 6.92 Å². The summed E-state index contributed by atoms with van der Waals surface area (Å²) in [6.45, 7) is 2.81. The second kappa shape index (κ2) is 8.96. The standard InChI is InChI=1S/C15H21NO4/c1-12-5-3-6-13(11-12)20-10-4-7-14(17)16-9-8-15(18)19-2/h3,5-6,11H,4,7-10H2,1-2H3,(H,16,17). The molecule has 5 heteroatoms. The topological polar surface area (TPSA) is 64.6 Å². The van der Waals surface area contributed by atoms with Crippen LogP contribution in [-0.4, -0.2) is 32.1 Å². The summed E-state index contributed by atoms with van der Waals surface area (Å²) >= 11 is 0. The van der Waals surface area contributed by atoms with Crippen LogP contribution < -0.4 is 10.1 Å². The summed E-state index contributed by atoms with van der Waals surface area (Å²) in [6.07, 6.45) is 1.22. The van der Waals surface area contributed by atoms with Crippen molar-refractivity contribution in [3.8, 4) is 5.75 Å². The molecule has 1 amide bonds. The number of benzene rings is 1. The number of esters is 1. The lowest BCUT2D eigenvalue weighted by Crippen LogP contribution is -2.26. The van der Waals surface area contributed by atoms with Gasteiger partial charge in [0.05, 0.1) is 20.1 Å². The molecule has 0 saturated heterocycles. The summed E-state index contributed by atoms with van der Waals surface area (Å²) in [7, 11) is 1.33. The minimum atomic E-state index is -0.326. The first kappa shape index (κ1) is 16.0. The Bertz CT molecular complexity index is 445. The number of aryl methyl sites for hydroxylation is 1. The summed E-state index contributed by atoms with van der Waals surface area (Å²) in [4.78, 5) is 22.3. The summed E-state index contributed by atoms with van der Waals surface area (Å²) in [5, 5.41) is 2.66. The van der Waals surface area contributed by atoms with Crippen molar-refractivity contribution < 1.29 is 19.1 Å². The minimum Gasteiger partial charge on any atom is -0.494 e. The summed E-state index contributed by atoms with van der Waals surface area (Å²) in [6, 6.07) is 7.78. The van der Waals surface area contributed by atoms with Gasteiger partial charge in [0.2, 0.25) is 5.91 Å². The minimum absolute atomic E-state index is 0.0817. The molecule has 0 aliphatic carbocycles. The van der Waals surface area contributed by atoms with Gasteiger partial charge in [0, 0.05) is 13.0 Å². The first-order valence-electron chi connectivity index (χ1n) is 6.65. The third kappa shape index (κ3) is 6.78. The Balaban J connectivity index is 2.09. The molecule has 1 aromatic carbocycles. The van der Waals surface area contributed by atoms with Gasteiger partial charge in [-0.05, 0) is 31.0 Å². The molecule has 0 aliphatic heterocycles. The fourth-order valence-electron chi connectivity index (χ4n) is 1.62. The first-order chi connectivity index (χ1) is 9.61. The Morgan fingerprint density at radius 2 is 2.05 bits per heavy atom. The lowest BCUT2D eigenvalue weighted by atomic mass is 10.2. The molecule has 0 heterocycles. The van der Waals surface area contributed by atoms with Crippen molar-refractivity contribution in [2.24, 2.45) is 0 Å². The van der Waals surface area contributed by atoms with E-state index in [1.54, 1.807) is 0 Å². The van der Waals surface area contributed by atoms with Gasteiger partial charge >= 0.3 is 5.97 Å². The van der Waals surface area contributed by atoms with Crippen molar-refractivity contribution >= 4 is 11.9 Å². The summed E-state index contributed by atoms with van der Waals surface area (Å²) in [5.74, 6) is 0.408. The molecule has 0 aromatic heterocycles. The summed E-state index contributed by atoms with van der Waals surface area (Å²) in [5.41, 5.74) is 1.14. The average Bonchev–Trinajstić information content (AvgIpc) is 2.43. The number of hydrogen-bond acceptors (Lipinski definition) is 4. The number of amides is 1. The molecule has 0 fully saturated rings. The van der Waals surface area contributed by atoms with Gasteiger partial charge in [0.25, 0.3) is 0 Å². The van der Waals surface area contributed by atoms with Gasteiger partial charge in [-0.3, -0.25) is 9.59 Å². The van der Waals surface area contributed by atoms with E-state index in [-0.39, 0.29) is 18.3 Å². The predicted octanol–water partition coefficient (Wildman–Crippen LogP) is 1.83. The molecule has 0 unspecified atom stereocenters. The molecule has 5 nitrogen and oxygen atoms in total. The normalized spacial score (nSPS) is 9.90. The second-order valence-electron chi connectivity index (χ2n) is 4.44. The molecule has 1 N–H and O–H groups in total. The molecule has 0 radical (unpaired) electrons. The highest BCUT2D eigenvalue weighted by atomic mass is 16.5. The van der Waals surface area contributed by atoms with E-state index in [9.17, 15) is 9.59 Å². The Labute approximate surface area is 119 Å². The van der Waals surface area contributed by atoms with Gasteiger partial charge < -0.3 is 14.8 Å². The molecule has 0 bridgehead atoms. The lowest BCUT2D eigenvalue weighted by Gasteiger charge is -2.07. The fourth-order valence-corrected chi connectivity index (χ4v) is 1.62. The van der Waals surface area contributed by atoms with Gasteiger partial charge in [-0.25, -0.2) is 0 Å². The monoisotopic (exact) mass is 279 g/mol. The molecule has 1 rings (SSSR count). The quantitative estimate of drug-likeness (QED) is 0.582. The molecule has 20 heavy (non-hydrogen) atoms. The maximum absolute atomic E-state index is 11.5. The molecule has 110 valence electrons. The fraction of sp³-hybridized carbons (Fsp3) is 0.467. The first-order valence-corrected chi connectivity index (χ1v) is 6.65. The zero-order valence-electron chi connectivity index (χ0n) is 12.0. The molecule has 1 aromatic rings. The largest absolute Gasteiger partial charge is 0.494 e. The van der Waals surface area contributed by atoms with Crippen LogP contribution >= 0.6 is 0 Å². The van der Waals surface area contributed by atoms with E-state index in [4.69, 9.17) is 4.74 Å². The zero-order chi connectivity index (χ0) is 14.8. The van der Waals surface area contributed by atoms with E-state index in [2.05, 4.69) is 10.1 Å². The maximum Gasteiger partial charge on any atom is 0.307 e. The smallest absolute Gasteiger partial charge is 0.307 e. The highest BCUT2D eigenvalue weighted by Gasteiger charge is 2.04. The number of carbonyl (C=O) groups is 2. The van der Waals surface area contributed by atoms with Crippen LogP contribution in [0.1, 0.15) is 24.8 Å². The third-order valence-electron chi connectivity index (χ3n) is 2.69. The van der Waals surface area contributed by atoms with Crippen LogP contribution in [0.4, 0.5) is 0 Å². The van der Waals surface area contributed by atoms with Crippen molar-refractivity contribution in [3.63, 3.8) is 0 Å². The van der Waals surface area contributed by atoms with Gasteiger partial charge in [-0.2, -0.15) is 0 Å². The van der Waals surface area contributed by atoms with Gasteiger partial charge in [-0.15, -0.1) is 0 Å². The SMILES string of the molecule is COC(=O)CCNC(=O)CCCOc1cccc(C)c1. The Morgan fingerprint density at radius 1 is 1.25 bits per heavy atom. The van der Waals surface area contributed by atoms with E-state index in [1.165, 1.54) is 7.11 Å². The van der Waals surface area contributed by atoms with E-state index < -0.39 is 0 Å². The number of nitrogens with one attached hydrogen (secondary N) is 1. The Morgan fingerprint density at radius 3 is 2.75 bits per heavy atom. The zero-order valence-corrected chi connectivity index (χ0v) is 12.0. The average molecular weight is 279 g/mol. The van der Waals surface area contributed by atoms with Crippen LogP contribution in [0.2, 0.25) is 0 Å². The van der Waals surface area contributed by atoms with Crippen molar-refractivity contribution in [2.45, 2.75) is 26.2 Å². The molecule has 0 saturated carbocycles. The molecule has 0 spiro atoms. The second-order valence-corrected chi connectivity index (χ2v) is 4.44. The molecule has 0 aliphatic rings. The Kier molecular flexibility index (Phi) is 7.17. The van der Waals surface area contributed by atoms with Crippen LogP contribution in [0.25, 0.3) is 0 Å². The number of hydrogen-bond donors (Lipinski definition) is 1. The van der Waals surface area contributed by atoms with Crippen LogP contribution in [0.15, 0.2) is 24.3 Å². The molecular weight excluding hydrogens is 258 g/mol. The maximum atomic E-state index is 11.5. The van der Waals surface area contributed by atoms with E-state index in [1.807, 2.05) is 31.2 Å².